The van der Waals surface area contributed by atoms with Crippen LogP contribution in [-0.4, -0.2) is 17.8 Å². The smallest absolute Gasteiger partial charge is 0.0245 e. The van der Waals surface area contributed by atoms with Crippen LogP contribution in [0.2, 0.25) is 0 Å². The van der Waals surface area contributed by atoms with Crippen molar-refractivity contribution in [2.24, 2.45) is 0 Å². The van der Waals surface area contributed by atoms with Gasteiger partial charge in [0, 0.05) is 16.2 Å². The first-order valence-electron chi connectivity index (χ1n) is 7.18. The van der Waals surface area contributed by atoms with Crippen LogP contribution in [-0.2, 0) is 0 Å². The molecule has 0 saturated heterocycles. The zero-order valence-corrected chi connectivity index (χ0v) is 13.0. The molecular formula is C16H27NS. The molecule has 1 N–H and O–H groups in total. The lowest BCUT2D eigenvalue weighted by molar-refractivity contribution is 0.465. The average Bonchev–Trinajstić information content (AvgIpc) is 2.38. The molecule has 2 atom stereocenters. The summed E-state index contributed by atoms with van der Waals surface area (Å²) < 4.78 is 0. The fraction of sp³-hybridized carbons (Fsp3) is 0.625. The highest BCUT2D eigenvalue weighted by Gasteiger charge is 2.19. The Kier molecular flexibility index (Phi) is 7.45. The SMILES string of the molecule is CCCC(NCC)C(CC)Sc1ccccc1C. The molecule has 1 nitrogen and oxygen atoms in total. The van der Waals surface area contributed by atoms with E-state index in [1.807, 2.05) is 11.8 Å². The number of aryl methyl sites for hydroxylation is 1. The summed E-state index contributed by atoms with van der Waals surface area (Å²) >= 11 is 2.04. The molecule has 0 spiro atoms. The minimum Gasteiger partial charge on any atom is -0.313 e. The third kappa shape index (κ3) is 4.66. The van der Waals surface area contributed by atoms with E-state index in [0.717, 1.165) is 6.54 Å². The summed E-state index contributed by atoms with van der Waals surface area (Å²) in [5, 5.41) is 4.33. The lowest BCUT2D eigenvalue weighted by atomic mass is 10.1. The number of benzene rings is 1. The molecule has 18 heavy (non-hydrogen) atoms. The normalized spacial score (nSPS) is 14.4. The molecule has 0 aliphatic carbocycles. The molecule has 2 unspecified atom stereocenters. The minimum absolute atomic E-state index is 0.634. The van der Waals surface area contributed by atoms with Crippen molar-refractivity contribution >= 4 is 11.8 Å². The molecule has 2 heteroatoms. The molecule has 0 saturated carbocycles. The Morgan fingerprint density at radius 2 is 1.89 bits per heavy atom. The van der Waals surface area contributed by atoms with Crippen LogP contribution in [0.15, 0.2) is 29.2 Å². The van der Waals surface area contributed by atoms with Crippen LogP contribution < -0.4 is 5.32 Å². The predicted octanol–water partition coefficient (Wildman–Crippen LogP) is 4.64. The van der Waals surface area contributed by atoms with Gasteiger partial charge in [-0.05, 0) is 37.9 Å². The second-order valence-corrected chi connectivity index (χ2v) is 6.06. The van der Waals surface area contributed by atoms with Gasteiger partial charge in [-0.1, -0.05) is 45.4 Å². The van der Waals surface area contributed by atoms with Gasteiger partial charge >= 0.3 is 0 Å². The summed E-state index contributed by atoms with van der Waals surface area (Å²) in [7, 11) is 0. The lowest BCUT2D eigenvalue weighted by Crippen LogP contribution is -2.37. The van der Waals surface area contributed by atoms with E-state index in [1.54, 1.807) is 0 Å². The van der Waals surface area contributed by atoms with Gasteiger partial charge in [0.05, 0.1) is 0 Å². The van der Waals surface area contributed by atoms with Crippen molar-refractivity contribution in [3.05, 3.63) is 29.8 Å². The van der Waals surface area contributed by atoms with E-state index in [1.165, 1.54) is 29.7 Å². The Labute approximate surface area is 117 Å². The highest BCUT2D eigenvalue weighted by atomic mass is 32.2. The van der Waals surface area contributed by atoms with Crippen molar-refractivity contribution in [2.45, 2.75) is 63.1 Å². The van der Waals surface area contributed by atoms with Crippen LogP contribution in [0.1, 0.15) is 45.6 Å². The molecular weight excluding hydrogens is 238 g/mol. The van der Waals surface area contributed by atoms with E-state index in [4.69, 9.17) is 0 Å². The van der Waals surface area contributed by atoms with Crippen molar-refractivity contribution in [2.75, 3.05) is 6.54 Å². The highest BCUT2D eigenvalue weighted by Crippen LogP contribution is 2.31. The van der Waals surface area contributed by atoms with Crippen molar-refractivity contribution in [1.82, 2.24) is 5.32 Å². The molecule has 0 bridgehead atoms. The van der Waals surface area contributed by atoms with Gasteiger partial charge in [-0.3, -0.25) is 0 Å². The molecule has 0 aliphatic heterocycles. The number of hydrogen-bond donors (Lipinski definition) is 1. The van der Waals surface area contributed by atoms with Crippen LogP contribution in [0.5, 0.6) is 0 Å². The Morgan fingerprint density at radius 3 is 2.44 bits per heavy atom. The van der Waals surface area contributed by atoms with Gasteiger partial charge in [0.2, 0.25) is 0 Å². The lowest BCUT2D eigenvalue weighted by Gasteiger charge is -2.27. The van der Waals surface area contributed by atoms with Gasteiger partial charge in [0.15, 0.2) is 0 Å². The van der Waals surface area contributed by atoms with Crippen molar-refractivity contribution in [3.8, 4) is 0 Å². The number of thioether (sulfide) groups is 1. The number of rotatable bonds is 8. The van der Waals surface area contributed by atoms with E-state index in [2.05, 4.69) is 57.3 Å². The van der Waals surface area contributed by atoms with Gasteiger partial charge in [0.1, 0.15) is 0 Å². The number of hydrogen-bond acceptors (Lipinski definition) is 2. The Hall–Kier alpha value is -0.470. The van der Waals surface area contributed by atoms with Crippen molar-refractivity contribution in [1.29, 1.82) is 0 Å². The molecule has 102 valence electrons. The first-order chi connectivity index (χ1) is 8.72. The summed E-state index contributed by atoms with van der Waals surface area (Å²) in [6.45, 7) is 10.0. The maximum Gasteiger partial charge on any atom is 0.0245 e. The Bertz CT molecular complexity index is 332. The maximum absolute atomic E-state index is 3.65. The van der Waals surface area contributed by atoms with Gasteiger partial charge in [-0.2, -0.15) is 0 Å². The molecule has 0 fully saturated rings. The summed E-state index contributed by atoms with van der Waals surface area (Å²) in [6.07, 6.45) is 3.74. The van der Waals surface area contributed by atoms with Crippen LogP contribution >= 0.6 is 11.8 Å². The second-order valence-electron chi connectivity index (χ2n) is 4.78. The molecule has 0 aliphatic rings. The summed E-state index contributed by atoms with van der Waals surface area (Å²) in [6, 6.07) is 9.35. The van der Waals surface area contributed by atoms with Crippen LogP contribution in [0.4, 0.5) is 0 Å². The summed E-state index contributed by atoms with van der Waals surface area (Å²) in [5.74, 6) is 0. The molecule has 0 radical (unpaired) electrons. The van der Waals surface area contributed by atoms with E-state index < -0.39 is 0 Å². The minimum atomic E-state index is 0.634. The van der Waals surface area contributed by atoms with Gasteiger partial charge in [0.25, 0.3) is 0 Å². The fourth-order valence-corrected chi connectivity index (χ4v) is 3.59. The first-order valence-corrected chi connectivity index (χ1v) is 8.06. The third-order valence-corrected chi connectivity index (χ3v) is 4.97. The molecule has 1 rings (SSSR count). The monoisotopic (exact) mass is 265 g/mol. The van der Waals surface area contributed by atoms with Crippen LogP contribution in [0, 0.1) is 6.92 Å². The fourth-order valence-electron chi connectivity index (χ4n) is 2.29. The summed E-state index contributed by atoms with van der Waals surface area (Å²) in [4.78, 5) is 1.43. The van der Waals surface area contributed by atoms with Crippen LogP contribution in [0.25, 0.3) is 0 Å². The molecule has 1 aromatic carbocycles. The van der Waals surface area contributed by atoms with Crippen molar-refractivity contribution in [3.63, 3.8) is 0 Å². The summed E-state index contributed by atoms with van der Waals surface area (Å²) in [5.41, 5.74) is 1.40. The standard InChI is InChI=1S/C16H27NS/c1-5-10-14(17-7-3)15(6-2)18-16-12-9-8-11-13(16)4/h8-9,11-12,14-15,17H,5-7,10H2,1-4H3. The van der Waals surface area contributed by atoms with Crippen molar-refractivity contribution < 1.29 is 0 Å². The van der Waals surface area contributed by atoms with E-state index in [0.29, 0.717) is 11.3 Å². The van der Waals surface area contributed by atoms with Gasteiger partial charge < -0.3 is 5.32 Å². The highest BCUT2D eigenvalue weighted by molar-refractivity contribution is 8.00. The second kappa shape index (κ2) is 8.60. The first kappa shape index (κ1) is 15.6. The molecule has 0 amide bonds. The third-order valence-electron chi connectivity index (χ3n) is 3.29. The van der Waals surface area contributed by atoms with E-state index >= 15 is 0 Å². The maximum atomic E-state index is 3.65. The Balaban J connectivity index is 2.73. The van der Waals surface area contributed by atoms with Crippen LogP contribution in [0.3, 0.4) is 0 Å². The quantitative estimate of drug-likeness (QED) is 0.687. The van der Waals surface area contributed by atoms with Gasteiger partial charge in [-0.15, -0.1) is 11.8 Å². The Morgan fingerprint density at radius 1 is 1.17 bits per heavy atom. The predicted molar refractivity (Wildman–Crippen MR) is 83.5 cm³/mol. The molecule has 0 heterocycles. The van der Waals surface area contributed by atoms with E-state index in [9.17, 15) is 0 Å². The van der Waals surface area contributed by atoms with Gasteiger partial charge in [-0.25, -0.2) is 0 Å². The topological polar surface area (TPSA) is 12.0 Å². The number of nitrogens with one attached hydrogen (secondary N) is 1. The zero-order valence-electron chi connectivity index (χ0n) is 12.2. The largest absolute Gasteiger partial charge is 0.313 e. The van der Waals surface area contributed by atoms with E-state index in [-0.39, 0.29) is 0 Å². The zero-order chi connectivity index (χ0) is 13.4. The molecule has 0 aromatic heterocycles. The average molecular weight is 265 g/mol. The molecule has 1 aromatic rings.